The van der Waals surface area contributed by atoms with Gasteiger partial charge in [-0.1, -0.05) is 25.7 Å². The third-order valence-electron chi connectivity index (χ3n) is 5.26. The van der Waals surface area contributed by atoms with E-state index in [-0.39, 0.29) is 42.0 Å². The van der Waals surface area contributed by atoms with Crippen LogP contribution >= 0.6 is 24.0 Å². The van der Waals surface area contributed by atoms with Gasteiger partial charge in [0.2, 0.25) is 5.91 Å². The Bertz CT molecular complexity index is 451. The van der Waals surface area contributed by atoms with Crippen molar-refractivity contribution in [2.24, 2.45) is 10.4 Å². The lowest BCUT2D eigenvalue weighted by atomic mass is 9.74. The molecule has 146 valence electrons. The fourth-order valence-corrected chi connectivity index (χ4v) is 4.23. The number of hydrogen-bond donors (Lipinski definition) is 2. The number of halogens is 1. The van der Waals surface area contributed by atoms with Crippen LogP contribution in [0.4, 0.5) is 0 Å². The van der Waals surface area contributed by atoms with E-state index in [1.165, 1.54) is 51.4 Å². The van der Waals surface area contributed by atoms with Gasteiger partial charge in [-0.25, -0.2) is 0 Å². The number of nitrogens with zero attached hydrogens (tertiary/aromatic N) is 2. The smallest absolute Gasteiger partial charge is 0.239 e. The first-order valence-corrected chi connectivity index (χ1v) is 9.60. The van der Waals surface area contributed by atoms with Crippen LogP contribution in [0.3, 0.4) is 0 Å². The highest BCUT2D eigenvalue weighted by molar-refractivity contribution is 14.0. The van der Waals surface area contributed by atoms with E-state index < -0.39 is 0 Å². The monoisotopic (exact) mass is 464 g/mol. The molecule has 2 N–H and O–H groups in total. The molecule has 1 saturated heterocycles. The zero-order chi connectivity index (χ0) is 17.6. The predicted molar refractivity (Wildman–Crippen MR) is 116 cm³/mol. The van der Waals surface area contributed by atoms with Crippen LogP contribution in [0.5, 0.6) is 0 Å². The SMILES string of the molecule is CN=C(NCC(=O)NC(C)(C)C)N1CCCC2(CCCCCC2)C1.I. The van der Waals surface area contributed by atoms with Crippen LogP contribution in [0.2, 0.25) is 0 Å². The van der Waals surface area contributed by atoms with Crippen molar-refractivity contribution in [2.75, 3.05) is 26.7 Å². The van der Waals surface area contributed by atoms with Crippen LogP contribution in [0.25, 0.3) is 0 Å². The normalized spacial score (nSPS) is 21.3. The maximum atomic E-state index is 12.1. The molecular formula is C19H37IN4O. The van der Waals surface area contributed by atoms with E-state index in [2.05, 4.69) is 20.5 Å². The Labute approximate surface area is 170 Å². The Balaban J connectivity index is 0.00000312. The highest BCUT2D eigenvalue weighted by atomic mass is 127. The molecule has 1 saturated carbocycles. The average Bonchev–Trinajstić information content (AvgIpc) is 2.72. The third kappa shape index (κ3) is 7.31. The molecule has 2 aliphatic rings. The minimum atomic E-state index is -0.197. The van der Waals surface area contributed by atoms with Gasteiger partial charge in [-0.05, 0) is 51.9 Å². The number of rotatable bonds is 2. The zero-order valence-electron chi connectivity index (χ0n) is 16.5. The molecule has 1 spiro atoms. The highest BCUT2D eigenvalue weighted by Gasteiger charge is 2.36. The van der Waals surface area contributed by atoms with Crippen LogP contribution in [-0.4, -0.2) is 49.0 Å². The maximum Gasteiger partial charge on any atom is 0.239 e. The molecule has 1 heterocycles. The van der Waals surface area contributed by atoms with E-state index >= 15 is 0 Å². The number of carbonyl (C=O) groups excluding carboxylic acids is 1. The fourth-order valence-electron chi connectivity index (χ4n) is 4.23. The minimum Gasteiger partial charge on any atom is -0.350 e. The first kappa shape index (κ1) is 22.5. The lowest BCUT2D eigenvalue weighted by Gasteiger charge is -2.44. The fraction of sp³-hybridized carbons (Fsp3) is 0.895. The van der Waals surface area contributed by atoms with E-state index in [1.54, 1.807) is 0 Å². The number of amides is 1. The quantitative estimate of drug-likeness (QED) is 0.374. The van der Waals surface area contributed by atoms with Gasteiger partial charge in [-0.3, -0.25) is 9.79 Å². The molecule has 1 aliphatic heterocycles. The van der Waals surface area contributed by atoms with E-state index in [0.717, 1.165) is 19.0 Å². The molecule has 0 aromatic heterocycles. The van der Waals surface area contributed by atoms with Crippen molar-refractivity contribution < 1.29 is 4.79 Å². The second-order valence-corrected chi connectivity index (χ2v) is 8.64. The average molecular weight is 464 g/mol. The Morgan fingerprint density at radius 1 is 1.08 bits per heavy atom. The van der Waals surface area contributed by atoms with Crippen molar-refractivity contribution in [1.82, 2.24) is 15.5 Å². The maximum absolute atomic E-state index is 12.1. The molecule has 0 radical (unpaired) electrons. The van der Waals surface area contributed by atoms with Crippen LogP contribution in [-0.2, 0) is 4.79 Å². The molecule has 0 aromatic rings. The number of nitrogens with one attached hydrogen (secondary N) is 2. The first-order valence-electron chi connectivity index (χ1n) is 9.60. The van der Waals surface area contributed by atoms with Crippen LogP contribution < -0.4 is 10.6 Å². The Morgan fingerprint density at radius 2 is 1.68 bits per heavy atom. The summed E-state index contributed by atoms with van der Waals surface area (Å²) in [6, 6.07) is 0. The second kappa shape index (κ2) is 9.97. The zero-order valence-corrected chi connectivity index (χ0v) is 18.8. The summed E-state index contributed by atoms with van der Waals surface area (Å²) in [6.07, 6.45) is 10.8. The number of carbonyl (C=O) groups is 1. The molecule has 2 rings (SSSR count). The largest absolute Gasteiger partial charge is 0.350 e. The summed E-state index contributed by atoms with van der Waals surface area (Å²) < 4.78 is 0. The molecule has 0 atom stereocenters. The molecule has 1 amide bonds. The Kier molecular flexibility index (Phi) is 8.98. The summed E-state index contributed by atoms with van der Waals surface area (Å²) in [5.41, 5.74) is 0.276. The van der Waals surface area contributed by atoms with E-state index in [4.69, 9.17) is 0 Å². The third-order valence-corrected chi connectivity index (χ3v) is 5.26. The predicted octanol–water partition coefficient (Wildman–Crippen LogP) is 3.53. The summed E-state index contributed by atoms with van der Waals surface area (Å²) in [5.74, 6) is 0.896. The molecule has 2 fully saturated rings. The van der Waals surface area contributed by atoms with Gasteiger partial charge in [0.25, 0.3) is 0 Å². The summed E-state index contributed by atoms with van der Waals surface area (Å²) in [5, 5.41) is 6.25. The van der Waals surface area contributed by atoms with Gasteiger partial charge in [0.15, 0.2) is 5.96 Å². The van der Waals surface area contributed by atoms with Gasteiger partial charge in [0.05, 0.1) is 6.54 Å². The number of hydrogen-bond acceptors (Lipinski definition) is 2. The molecule has 0 bridgehead atoms. The number of guanidine groups is 1. The standard InChI is InChI=1S/C19H36N4O.HI/c1-18(2,3)22-16(24)14-21-17(20-4)23-13-9-12-19(15-23)10-7-5-6-8-11-19;/h5-15H2,1-4H3,(H,20,21)(H,22,24);1H. The summed E-state index contributed by atoms with van der Waals surface area (Å²) in [7, 11) is 1.82. The lowest BCUT2D eigenvalue weighted by molar-refractivity contribution is -0.121. The van der Waals surface area contributed by atoms with E-state index in [9.17, 15) is 4.79 Å². The molecule has 25 heavy (non-hydrogen) atoms. The number of piperidine rings is 1. The van der Waals surface area contributed by atoms with Gasteiger partial charge in [-0.2, -0.15) is 0 Å². The summed E-state index contributed by atoms with van der Waals surface area (Å²) >= 11 is 0. The van der Waals surface area contributed by atoms with Gasteiger partial charge in [0.1, 0.15) is 0 Å². The van der Waals surface area contributed by atoms with Gasteiger partial charge in [-0.15, -0.1) is 24.0 Å². The van der Waals surface area contributed by atoms with Crippen molar-refractivity contribution in [3.05, 3.63) is 0 Å². The van der Waals surface area contributed by atoms with Crippen LogP contribution in [0.1, 0.15) is 72.1 Å². The van der Waals surface area contributed by atoms with Crippen LogP contribution in [0, 0.1) is 5.41 Å². The van der Waals surface area contributed by atoms with Crippen molar-refractivity contribution in [3.63, 3.8) is 0 Å². The van der Waals surface area contributed by atoms with Gasteiger partial charge >= 0.3 is 0 Å². The van der Waals surface area contributed by atoms with Crippen molar-refractivity contribution in [2.45, 2.75) is 77.7 Å². The summed E-state index contributed by atoms with van der Waals surface area (Å²) in [6.45, 7) is 8.42. The molecule has 0 aromatic carbocycles. The van der Waals surface area contributed by atoms with Gasteiger partial charge in [0, 0.05) is 25.7 Å². The number of likely N-dealkylation sites (tertiary alicyclic amines) is 1. The molecule has 6 heteroatoms. The number of aliphatic imine (C=N–C) groups is 1. The summed E-state index contributed by atoms with van der Waals surface area (Å²) in [4.78, 5) is 18.9. The van der Waals surface area contributed by atoms with E-state index in [1.807, 2.05) is 27.8 Å². The molecule has 1 aliphatic carbocycles. The Hall–Kier alpha value is -0.530. The first-order chi connectivity index (χ1) is 11.3. The minimum absolute atomic E-state index is 0. The highest BCUT2D eigenvalue weighted by Crippen LogP contribution is 2.42. The van der Waals surface area contributed by atoms with Gasteiger partial charge < -0.3 is 15.5 Å². The van der Waals surface area contributed by atoms with E-state index in [0.29, 0.717) is 5.41 Å². The lowest BCUT2D eigenvalue weighted by Crippen LogP contribution is -2.53. The Morgan fingerprint density at radius 3 is 2.24 bits per heavy atom. The van der Waals surface area contributed by atoms with Crippen molar-refractivity contribution >= 4 is 35.8 Å². The topological polar surface area (TPSA) is 56.7 Å². The van der Waals surface area contributed by atoms with Crippen molar-refractivity contribution in [1.29, 1.82) is 0 Å². The molecular weight excluding hydrogens is 427 g/mol. The molecule has 0 unspecified atom stereocenters. The second-order valence-electron chi connectivity index (χ2n) is 8.64. The molecule has 5 nitrogen and oxygen atoms in total. The van der Waals surface area contributed by atoms with Crippen LogP contribution in [0.15, 0.2) is 4.99 Å². The van der Waals surface area contributed by atoms with Crippen molar-refractivity contribution in [3.8, 4) is 0 Å².